The number of hydrogen-bond donors (Lipinski definition) is 2. The summed E-state index contributed by atoms with van der Waals surface area (Å²) in [7, 11) is 0. The van der Waals surface area contributed by atoms with Gasteiger partial charge in [-0.15, -0.1) is 0 Å². The number of benzene rings is 1. The molecule has 0 radical (unpaired) electrons. The molecule has 1 fully saturated rings. The lowest BCUT2D eigenvalue weighted by atomic mass is 9.90. The lowest BCUT2D eigenvalue weighted by Crippen LogP contribution is -2.37. The van der Waals surface area contributed by atoms with E-state index in [-0.39, 0.29) is 6.61 Å². The van der Waals surface area contributed by atoms with Gasteiger partial charge < -0.3 is 15.1 Å². The summed E-state index contributed by atoms with van der Waals surface area (Å²) in [5, 5.41) is 17.8. The molecule has 0 atom stereocenters. The van der Waals surface area contributed by atoms with Crippen molar-refractivity contribution in [3.63, 3.8) is 0 Å². The van der Waals surface area contributed by atoms with Crippen LogP contribution in [0.3, 0.4) is 0 Å². The number of amides is 1. The summed E-state index contributed by atoms with van der Waals surface area (Å²) in [5.74, 6) is 0.570. The summed E-state index contributed by atoms with van der Waals surface area (Å²) in [4.78, 5) is 12.3. The molecule has 0 spiro atoms. The standard InChI is InChI=1S/C14H19NO3/c16-10-13-3-1-11(2-4-13)9-12-5-7-15(8-6-12)14(17)18/h1-4,12,16H,5-10H2,(H,17,18). The normalized spacial score (nSPS) is 16.8. The predicted molar refractivity (Wildman–Crippen MR) is 68.4 cm³/mol. The Labute approximate surface area is 107 Å². The van der Waals surface area contributed by atoms with Gasteiger partial charge in [-0.2, -0.15) is 0 Å². The van der Waals surface area contributed by atoms with Crippen LogP contribution < -0.4 is 0 Å². The Kier molecular flexibility index (Phi) is 4.20. The molecule has 18 heavy (non-hydrogen) atoms. The molecule has 0 bridgehead atoms. The Morgan fingerprint density at radius 3 is 2.22 bits per heavy atom. The Bertz CT molecular complexity index is 394. The molecule has 0 aliphatic carbocycles. The number of aliphatic hydroxyl groups excluding tert-OH is 1. The van der Waals surface area contributed by atoms with Crippen molar-refractivity contribution in [2.75, 3.05) is 13.1 Å². The zero-order valence-corrected chi connectivity index (χ0v) is 10.4. The largest absolute Gasteiger partial charge is 0.465 e. The van der Waals surface area contributed by atoms with Crippen molar-refractivity contribution in [2.45, 2.75) is 25.9 Å². The molecule has 1 aromatic carbocycles. The van der Waals surface area contributed by atoms with E-state index in [9.17, 15) is 4.79 Å². The van der Waals surface area contributed by atoms with E-state index in [1.54, 1.807) is 0 Å². The molecular weight excluding hydrogens is 230 g/mol. The molecular formula is C14H19NO3. The topological polar surface area (TPSA) is 60.8 Å². The zero-order valence-electron chi connectivity index (χ0n) is 10.4. The molecule has 1 heterocycles. The molecule has 1 saturated heterocycles. The number of carbonyl (C=O) groups is 1. The van der Waals surface area contributed by atoms with E-state index in [0.29, 0.717) is 19.0 Å². The summed E-state index contributed by atoms with van der Waals surface area (Å²) in [6, 6.07) is 7.99. The minimum Gasteiger partial charge on any atom is -0.465 e. The Morgan fingerprint density at radius 1 is 1.17 bits per heavy atom. The lowest BCUT2D eigenvalue weighted by molar-refractivity contribution is 0.124. The van der Waals surface area contributed by atoms with Crippen molar-refractivity contribution in [3.05, 3.63) is 35.4 Å². The van der Waals surface area contributed by atoms with Crippen LogP contribution in [0.2, 0.25) is 0 Å². The van der Waals surface area contributed by atoms with Crippen LogP contribution in [-0.4, -0.2) is 34.3 Å². The van der Waals surface area contributed by atoms with Crippen LogP contribution in [0.5, 0.6) is 0 Å². The van der Waals surface area contributed by atoms with E-state index in [2.05, 4.69) is 12.1 Å². The van der Waals surface area contributed by atoms with Crippen LogP contribution in [0.25, 0.3) is 0 Å². The van der Waals surface area contributed by atoms with Crippen molar-refractivity contribution in [1.82, 2.24) is 4.90 Å². The fourth-order valence-electron chi connectivity index (χ4n) is 2.44. The van der Waals surface area contributed by atoms with Crippen LogP contribution in [0, 0.1) is 5.92 Å². The molecule has 2 rings (SSSR count). The molecule has 1 aromatic rings. The Morgan fingerprint density at radius 2 is 1.72 bits per heavy atom. The van der Waals surface area contributed by atoms with Gasteiger partial charge in [0.15, 0.2) is 0 Å². The van der Waals surface area contributed by atoms with Crippen molar-refractivity contribution < 1.29 is 15.0 Å². The maximum atomic E-state index is 10.8. The van der Waals surface area contributed by atoms with E-state index in [1.165, 1.54) is 10.5 Å². The van der Waals surface area contributed by atoms with Crippen molar-refractivity contribution in [3.8, 4) is 0 Å². The maximum Gasteiger partial charge on any atom is 0.407 e. The number of carboxylic acid groups (broad SMARTS) is 1. The summed E-state index contributed by atoms with van der Waals surface area (Å²) in [6.07, 6.45) is 2.07. The van der Waals surface area contributed by atoms with E-state index in [0.717, 1.165) is 24.8 Å². The molecule has 1 amide bonds. The van der Waals surface area contributed by atoms with Gasteiger partial charge in [0.05, 0.1) is 6.61 Å². The van der Waals surface area contributed by atoms with E-state index in [1.807, 2.05) is 12.1 Å². The van der Waals surface area contributed by atoms with Gasteiger partial charge in [0.25, 0.3) is 0 Å². The second-order valence-electron chi connectivity index (χ2n) is 4.89. The molecule has 4 nitrogen and oxygen atoms in total. The second kappa shape index (κ2) is 5.87. The van der Waals surface area contributed by atoms with Gasteiger partial charge in [-0.05, 0) is 36.3 Å². The van der Waals surface area contributed by atoms with Crippen LogP contribution in [0.1, 0.15) is 24.0 Å². The highest BCUT2D eigenvalue weighted by molar-refractivity contribution is 5.64. The first-order valence-corrected chi connectivity index (χ1v) is 6.35. The number of piperidine rings is 1. The maximum absolute atomic E-state index is 10.8. The quantitative estimate of drug-likeness (QED) is 0.862. The van der Waals surface area contributed by atoms with Gasteiger partial charge in [0.2, 0.25) is 0 Å². The highest BCUT2D eigenvalue weighted by Gasteiger charge is 2.22. The molecule has 1 aliphatic heterocycles. The van der Waals surface area contributed by atoms with E-state index < -0.39 is 6.09 Å². The summed E-state index contributed by atoms with van der Waals surface area (Å²) in [5.41, 5.74) is 2.19. The molecule has 1 aliphatic rings. The average molecular weight is 249 g/mol. The number of rotatable bonds is 3. The number of nitrogens with zero attached hydrogens (tertiary/aromatic N) is 1. The third kappa shape index (κ3) is 3.23. The fraction of sp³-hybridized carbons (Fsp3) is 0.500. The predicted octanol–water partition coefficient (Wildman–Crippen LogP) is 2.11. The average Bonchev–Trinajstić information content (AvgIpc) is 2.40. The van der Waals surface area contributed by atoms with E-state index in [4.69, 9.17) is 10.2 Å². The third-order valence-corrected chi connectivity index (χ3v) is 3.61. The van der Waals surface area contributed by atoms with Crippen LogP contribution in [0.4, 0.5) is 4.79 Å². The summed E-state index contributed by atoms with van der Waals surface area (Å²) < 4.78 is 0. The number of aliphatic hydroxyl groups is 1. The molecule has 0 saturated carbocycles. The first-order chi connectivity index (χ1) is 8.69. The molecule has 4 heteroatoms. The lowest BCUT2D eigenvalue weighted by Gasteiger charge is -2.30. The van der Waals surface area contributed by atoms with Gasteiger partial charge in [-0.3, -0.25) is 0 Å². The monoisotopic (exact) mass is 249 g/mol. The van der Waals surface area contributed by atoms with Crippen molar-refractivity contribution in [1.29, 1.82) is 0 Å². The van der Waals surface area contributed by atoms with Crippen molar-refractivity contribution in [2.24, 2.45) is 5.92 Å². The highest BCUT2D eigenvalue weighted by Crippen LogP contribution is 2.21. The minimum atomic E-state index is -0.805. The smallest absolute Gasteiger partial charge is 0.407 e. The van der Waals surface area contributed by atoms with Gasteiger partial charge >= 0.3 is 6.09 Å². The van der Waals surface area contributed by atoms with Gasteiger partial charge in [-0.25, -0.2) is 4.79 Å². The molecule has 0 unspecified atom stereocenters. The fourth-order valence-corrected chi connectivity index (χ4v) is 2.44. The minimum absolute atomic E-state index is 0.0806. The molecule has 98 valence electrons. The highest BCUT2D eigenvalue weighted by atomic mass is 16.4. The first kappa shape index (κ1) is 12.9. The Hall–Kier alpha value is -1.55. The Balaban J connectivity index is 1.85. The SMILES string of the molecule is O=C(O)N1CCC(Cc2ccc(CO)cc2)CC1. The van der Waals surface area contributed by atoms with Gasteiger partial charge in [-0.1, -0.05) is 24.3 Å². The van der Waals surface area contributed by atoms with Crippen LogP contribution in [-0.2, 0) is 13.0 Å². The summed E-state index contributed by atoms with van der Waals surface area (Å²) >= 11 is 0. The van der Waals surface area contributed by atoms with Gasteiger partial charge in [0.1, 0.15) is 0 Å². The molecule has 2 N–H and O–H groups in total. The number of hydrogen-bond acceptors (Lipinski definition) is 2. The third-order valence-electron chi connectivity index (χ3n) is 3.61. The van der Waals surface area contributed by atoms with Crippen LogP contribution in [0.15, 0.2) is 24.3 Å². The first-order valence-electron chi connectivity index (χ1n) is 6.35. The summed E-state index contributed by atoms with van der Waals surface area (Å²) in [6.45, 7) is 1.38. The van der Waals surface area contributed by atoms with Crippen molar-refractivity contribution >= 4 is 6.09 Å². The van der Waals surface area contributed by atoms with E-state index >= 15 is 0 Å². The zero-order chi connectivity index (χ0) is 13.0. The molecule has 0 aromatic heterocycles. The number of likely N-dealkylation sites (tertiary alicyclic amines) is 1. The van der Waals surface area contributed by atoms with Crippen LogP contribution >= 0.6 is 0 Å². The second-order valence-corrected chi connectivity index (χ2v) is 4.89. The van der Waals surface area contributed by atoms with Gasteiger partial charge in [0, 0.05) is 13.1 Å².